The summed E-state index contributed by atoms with van der Waals surface area (Å²) >= 11 is 7.56. The zero-order chi connectivity index (χ0) is 17.2. The number of carbonyl (C=O) groups excluding carboxylic acids is 1. The van der Waals surface area contributed by atoms with Crippen LogP contribution in [0, 0.1) is 0 Å². The third kappa shape index (κ3) is 4.64. The molecule has 23 heavy (non-hydrogen) atoms. The van der Waals surface area contributed by atoms with E-state index < -0.39 is 5.60 Å². The fourth-order valence-corrected chi connectivity index (χ4v) is 3.11. The van der Waals surface area contributed by atoms with E-state index in [0.29, 0.717) is 30.6 Å². The molecule has 1 atom stereocenters. The molecule has 1 aromatic heterocycles. The molecule has 0 saturated carbocycles. The van der Waals surface area contributed by atoms with E-state index in [1.165, 1.54) is 11.8 Å². The summed E-state index contributed by atoms with van der Waals surface area (Å²) in [5, 5.41) is 1.32. The zero-order valence-corrected chi connectivity index (χ0v) is 15.7. The first-order chi connectivity index (χ1) is 10.7. The lowest BCUT2D eigenvalue weighted by molar-refractivity contribution is 0.0218. The largest absolute Gasteiger partial charge is 0.444 e. The number of amides is 1. The Balaban J connectivity index is 2.06. The number of hydrogen-bond donors (Lipinski definition) is 0. The third-order valence-electron chi connectivity index (χ3n) is 3.43. The smallest absolute Gasteiger partial charge is 0.410 e. The van der Waals surface area contributed by atoms with Gasteiger partial charge in [-0.3, -0.25) is 0 Å². The summed E-state index contributed by atoms with van der Waals surface area (Å²) in [7, 11) is 0. The van der Waals surface area contributed by atoms with E-state index in [0.717, 1.165) is 5.03 Å². The number of rotatable bonds is 2. The lowest BCUT2D eigenvalue weighted by atomic mass is 10.2. The average Bonchev–Trinajstić information content (AvgIpc) is 2.46. The van der Waals surface area contributed by atoms with E-state index in [-0.39, 0.29) is 12.1 Å². The highest BCUT2D eigenvalue weighted by atomic mass is 35.5. The molecule has 1 amide bonds. The van der Waals surface area contributed by atoms with E-state index >= 15 is 0 Å². The Hall–Kier alpha value is -1.21. The van der Waals surface area contributed by atoms with Crippen molar-refractivity contribution in [3.05, 3.63) is 11.2 Å². The molecular weight excluding hydrogens is 336 g/mol. The Morgan fingerprint density at radius 3 is 2.70 bits per heavy atom. The number of anilines is 1. The number of hydrogen-bond acceptors (Lipinski definition) is 6. The molecule has 1 saturated heterocycles. The van der Waals surface area contributed by atoms with Gasteiger partial charge < -0.3 is 14.5 Å². The molecule has 0 aromatic carbocycles. The SMILES string of the molecule is CSc1nc(N2CCN(C(=O)OC(C)(C)C)CC2C)ncc1Cl. The molecule has 6 nitrogen and oxygen atoms in total. The molecule has 1 aromatic rings. The van der Waals surface area contributed by atoms with E-state index in [1.54, 1.807) is 11.1 Å². The number of nitrogens with zero attached hydrogens (tertiary/aromatic N) is 4. The highest BCUT2D eigenvalue weighted by molar-refractivity contribution is 7.98. The van der Waals surface area contributed by atoms with Crippen molar-refractivity contribution in [2.45, 2.75) is 44.4 Å². The van der Waals surface area contributed by atoms with Gasteiger partial charge in [-0.25, -0.2) is 14.8 Å². The molecule has 1 aliphatic rings. The lowest BCUT2D eigenvalue weighted by Gasteiger charge is -2.40. The average molecular weight is 359 g/mol. The van der Waals surface area contributed by atoms with E-state index in [1.807, 2.05) is 34.0 Å². The fourth-order valence-electron chi connectivity index (χ4n) is 2.37. The van der Waals surface area contributed by atoms with Gasteiger partial charge in [-0.1, -0.05) is 11.6 Å². The van der Waals surface area contributed by atoms with Crippen molar-refractivity contribution in [3.8, 4) is 0 Å². The van der Waals surface area contributed by atoms with Crippen LogP contribution in [0.5, 0.6) is 0 Å². The minimum absolute atomic E-state index is 0.104. The van der Waals surface area contributed by atoms with Gasteiger partial charge in [0.25, 0.3) is 0 Å². The van der Waals surface area contributed by atoms with Gasteiger partial charge in [0.15, 0.2) is 0 Å². The molecule has 1 aliphatic heterocycles. The number of halogens is 1. The first-order valence-electron chi connectivity index (χ1n) is 7.52. The van der Waals surface area contributed by atoms with Crippen LogP contribution in [0.25, 0.3) is 0 Å². The Morgan fingerprint density at radius 1 is 1.43 bits per heavy atom. The number of aromatic nitrogens is 2. The Bertz CT molecular complexity index is 579. The Morgan fingerprint density at radius 2 is 2.13 bits per heavy atom. The molecule has 0 radical (unpaired) electrons. The molecule has 0 aliphatic carbocycles. The summed E-state index contributed by atoms with van der Waals surface area (Å²) in [6.45, 7) is 9.49. The maximum atomic E-state index is 12.2. The van der Waals surface area contributed by atoms with Crippen molar-refractivity contribution in [2.75, 3.05) is 30.8 Å². The predicted octanol–water partition coefficient (Wildman–Crippen LogP) is 3.30. The molecule has 2 rings (SSSR count). The van der Waals surface area contributed by atoms with Crippen LogP contribution in [0.15, 0.2) is 11.2 Å². The molecule has 0 N–H and O–H groups in total. The monoisotopic (exact) mass is 358 g/mol. The minimum Gasteiger partial charge on any atom is -0.444 e. The number of carbonyl (C=O) groups is 1. The van der Waals surface area contributed by atoms with Gasteiger partial charge in [0.2, 0.25) is 5.95 Å². The van der Waals surface area contributed by atoms with Crippen molar-refractivity contribution in [1.29, 1.82) is 0 Å². The van der Waals surface area contributed by atoms with Gasteiger partial charge in [-0.05, 0) is 34.0 Å². The van der Waals surface area contributed by atoms with Crippen molar-refractivity contribution >= 4 is 35.4 Å². The normalized spacial score (nSPS) is 19.0. The van der Waals surface area contributed by atoms with Gasteiger partial charge in [0.05, 0.1) is 11.2 Å². The van der Waals surface area contributed by atoms with Crippen LogP contribution in [0.2, 0.25) is 5.02 Å². The number of piperazine rings is 1. The summed E-state index contributed by atoms with van der Waals surface area (Å²) in [6.07, 6.45) is 3.29. The number of ether oxygens (including phenoxy) is 1. The minimum atomic E-state index is -0.482. The van der Waals surface area contributed by atoms with Gasteiger partial charge in [-0.2, -0.15) is 0 Å². The van der Waals surface area contributed by atoms with Crippen LogP contribution >= 0.6 is 23.4 Å². The number of thioether (sulfide) groups is 1. The maximum absolute atomic E-state index is 12.2. The molecule has 0 bridgehead atoms. The Labute approximate surface area is 146 Å². The standard InChI is InChI=1S/C15H23ClN4O2S/c1-10-9-19(14(21)22-15(2,3)4)6-7-20(10)13-17-8-11(16)12(18-13)23-5/h8,10H,6-7,9H2,1-5H3. The second kappa shape index (κ2) is 7.13. The van der Waals surface area contributed by atoms with Gasteiger partial charge in [0, 0.05) is 25.7 Å². The fraction of sp³-hybridized carbons (Fsp3) is 0.667. The first-order valence-corrected chi connectivity index (χ1v) is 9.12. The van der Waals surface area contributed by atoms with Gasteiger partial charge in [0.1, 0.15) is 10.6 Å². The van der Waals surface area contributed by atoms with E-state index in [4.69, 9.17) is 16.3 Å². The Kier molecular flexibility index (Phi) is 5.62. The van der Waals surface area contributed by atoms with Crippen LogP contribution < -0.4 is 4.90 Å². The van der Waals surface area contributed by atoms with Crippen molar-refractivity contribution in [2.24, 2.45) is 0 Å². The van der Waals surface area contributed by atoms with Crippen LogP contribution in [-0.4, -0.2) is 58.5 Å². The second-order valence-electron chi connectivity index (χ2n) is 6.50. The second-order valence-corrected chi connectivity index (χ2v) is 7.70. The van der Waals surface area contributed by atoms with Crippen LogP contribution in [0.3, 0.4) is 0 Å². The molecule has 0 spiro atoms. The summed E-state index contributed by atoms with van der Waals surface area (Å²) in [6, 6.07) is 0.104. The van der Waals surface area contributed by atoms with Crippen LogP contribution in [-0.2, 0) is 4.74 Å². The molecule has 8 heteroatoms. The van der Waals surface area contributed by atoms with Crippen LogP contribution in [0.4, 0.5) is 10.7 Å². The van der Waals surface area contributed by atoms with Gasteiger partial charge in [-0.15, -0.1) is 11.8 Å². The topological polar surface area (TPSA) is 58.6 Å². The van der Waals surface area contributed by atoms with Gasteiger partial charge >= 0.3 is 6.09 Å². The summed E-state index contributed by atoms with van der Waals surface area (Å²) in [4.78, 5) is 24.8. The molecule has 2 heterocycles. The molecular formula is C15H23ClN4O2S. The molecule has 128 valence electrons. The van der Waals surface area contributed by atoms with E-state index in [2.05, 4.69) is 14.9 Å². The summed E-state index contributed by atoms with van der Waals surface area (Å²) in [5.41, 5.74) is -0.482. The zero-order valence-electron chi connectivity index (χ0n) is 14.2. The predicted molar refractivity (Wildman–Crippen MR) is 93.4 cm³/mol. The first kappa shape index (κ1) is 18.1. The van der Waals surface area contributed by atoms with Crippen molar-refractivity contribution in [1.82, 2.24) is 14.9 Å². The highest BCUT2D eigenvalue weighted by Gasteiger charge is 2.31. The third-order valence-corrected chi connectivity index (χ3v) is 4.52. The van der Waals surface area contributed by atoms with Crippen LogP contribution in [0.1, 0.15) is 27.7 Å². The summed E-state index contributed by atoms with van der Waals surface area (Å²) < 4.78 is 5.44. The summed E-state index contributed by atoms with van der Waals surface area (Å²) in [5.74, 6) is 0.648. The quantitative estimate of drug-likeness (QED) is 0.597. The lowest BCUT2D eigenvalue weighted by Crippen LogP contribution is -2.55. The van der Waals surface area contributed by atoms with E-state index in [9.17, 15) is 4.79 Å². The molecule has 1 unspecified atom stereocenters. The maximum Gasteiger partial charge on any atom is 0.410 e. The van der Waals surface area contributed by atoms with Crippen molar-refractivity contribution < 1.29 is 9.53 Å². The molecule has 1 fully saturated rings. The highest BCUT2D eigenvalue weighted by Crippen LogP contribution is 2.26. The van der Waals surface area contributed by atoms with Crippen molar-refractivity contribution in [3.63, 3.8) is 0 Å².